The van der Waals surface area contributed by atoms with Gasteiger partial charge in [0.2, 0.25) is 0 Å². The van der Waals surface area contributed by atoms with E-state index in [9.17, 15) is 4.79 Å². The third kappa shape index (κ3) is 2.90. The van der Waals surface area contributed by atoms with Gasteiger partial charge in [0, 0.05) is 13.0 Å². The molecule has 1 aromatic carbocycles. The number of hydrogen-bond acceptors (Lipinski definition) is 1. The summed E-state index contributed by atoms with van der Waals surface area (Å²) in [6.45, 7) is 0.877. The molecule has 0 N–H and O–H groups in total. The van der Waals surface area contributed by atoms with Gasteiger partial charge >= 0.3 is 0 Å². The van der Waals surface area contributed by atoms with Crippen LogP contribution in [0.4, 0.5) is 0 Å². The maximum absolute atomic E-state index is 11.7. The zero-order valence-corrected chi connectivity index (χ0v) is 8.86. The van der Waals surface area contributed by atoms with Crippen LogP contribution in [0.3, 0.4) is 0 Å². The summed E-state index contributed by atoms with van der Waals surface area (Å²) in [6.07, 6.45) is 3.54. The van der Waals surface area contributed by atoms with Gasteiger partial charge in [-0.3, -0.25) is 4.79 Å². The van der Waals surface area contributed by atoms with Crippen LogP contribution in [0.5, 0.6) is 0 Å². The van der Waals surface area contributed by atoms with Crippen molar-refractivity contribution >= 4 is 5.78 Å². The van der Waals surface area contributed by atoms with E-state index in [4.69, 9.17) is 0 Å². The van der Waals surface area contributed by atoms with E-state index in [-0.39, 0.29) is 6.04 Å². The van der Waals surface area contributed by atoms with Gasteiger partial charge in [-0.25, -0.2) is 5.32 Å². The topological polar surface area (TPSA) is 31.2 Å². The molecule has 0 bridgehead atoms. The average molecular weight is 202 g/mol. The molecule has 0 amide bonds. The van der Waals surface area contributed by atoms with Crippen LogP contribution in [0.25, 0.3) is 0 Å². The highest BCUT2D eigenvalue weighted by atomic mass is 16.1. The quantitative estimate of drug-likeness (QED) is 0.734. The van der Waals surface area contributed by atoms with Crippen molar-refractivity contribution in [2.75, 3.05) is 6.54 Å². The van der Waals surface area contributed by atoms with Gasteiger partial charge in [-0.15, -0.1) is 0 Å². The third-order valence-electron chi connectivity index (χ3n) is 2.86. The summed E-state index contributed by atoms with van der Waals surface area (Å²) in [5, 5.41) is 4.30. The molecule has 1 heterocycles. The molecule has 1 unspecified atom stereocenters. The van der Waals surface area contributed by atoms with Crippen LogP contribution in [0.15, 0.2) is 30.3 Å². The Balaban J connectivity index is 1.80. The lowest BCUT2D eigenvalue weighted by Crippen LogP contribution is -2.25. The van der Waals surface area contributed by atoms with E-state index < -0.39 is 0 Å². The van der Waals surface area contributed by atoms with E-state index >= 15 is 0 Å². The molecule has 15 heavy (non-hydrogen) atoms. The highest BCUT2D eigenvalue weighted by Crippen LogP contribution is 2.11. The fourth-order valence-corrected chi connectivity index (χ4v) is 1.96. The third-order valence-corrected chi connectivity index (χ3v) is 2.86. The smallest absolute Gasteiger partial charge is 0.151 e. The number of hydrogen-bond donors (Lipinski definition) is 0. The van der Waals surface area contributed by atoms with E-state index in [1.807, 2.05) is 18.2 Å². The first-order valence-corrected chi connectivity index (χ1v) is 5.59. The van der Waals surface area contributed by atoms with Crippen molar-refractivity contribution in [3.05, 3.63) is 35.9 Å². The normalized spacial score (nSPS) is 20.4. The Bertz CT molecular complexity index is 315. The van der Waals surface area contributed by atoms with Crippen LogP contribution in [0, 0.1) is 0 Å². The monoisotopic (exact) mass is 202 g/mol. The maximum Gasteiger partial charge on any atom is 0.151 e. The summed E-state index contributed by atoms with van der Waals surface area (Å²) in [5.41, 5.74) is 1.24. The molecule has 2 rings (SSSR count). The molecule has 1 aromatic rings. The van der Waals surface area contributed by atoms with Crippen molar-refractivity contribution in [3.8, 4) is 0 Å². The highest BCUT2D eigenvalue weighted by molar-refractivity contribution is 5.84. The molecule has 2 nitrogen and oxygen atoms in total. The molecule has 1 aliphatic heterocycles. The minimum Gasteiger partial charge on any atom is -0.298 e. The van der Waals surface area contributed by atoms with E-state index in [1.54, 1.807) is 0 Å². The van der Waals surface area contributed by atoms with Gasteiger partial charge in [0.05, 0.1) is 6.04 Å². The summed E-state index contributed by atoms with van der Waals surface area (Å²) < 4.78 is 0. The number of benzene rings is 1. The molecule has 1 saturated heterocycles. The number of carbonyl (C=O) groups is 1. The molecule has 0 aromatic heterocycles. The maximum atomic E-state index is 11.7. The van der Waals surface area contributed by atoms with E-state index in [0.717, 1.165) is 25.8 Å². The largest absolute Gasteiger partial charge is 0.298 e. The number of ketones is 1. The lowest BCUT2D eigenvalue weighted by molar-refractivity contribution is -0.120. The number of carbonyl (C=O) groups excluding carboxylic acids is 1. The molecular weight excluding hydrogens is 186 g/mol. The van der Waals surface area contributed by atoms with Gasteiger partial charge in [0.25, 0.3) is 0 Å². The van der Waals surface area contributed by atoms with Gasteiger partial charge in [0.1, 0.15) is 0 Å². The first-order valence-electron chi connectivity index (χ1n) is 5.59. The predicted octanol–water partition coefficient (Wildman–Crippen LogP) is 1.96. The minimum absolute atomic E-state index is 0.00807. The van der Waals surface area contributed by atoms with Crippen LogP contribution in [0.1, 0.15) is 24.8 Å². The van der Waals surface area contributed by atoms with Gasteiger partial charge in [0.15, 0.2) is 5.78 Å². The number of aryl methyl sites for hydroxylation is 1. The SMILES string of the molecule is O=C(CCc1ccccc1)C1CCC[N]1. The highest BCUT2D eigenvalue weighted by Gasteiger charge is 2.22. The Morgan fingerprint density at radius 2 is 2.13 bits per heavy atom. The lowest BCUT2D eigenvalue weighted by atomic mass is 10.0. The van der Waals surface area contributed by atoms with E-state index in [2.05, 4.69) is 17.4 Å². The predicted molar refractivity (Wildman–Crippen MR) is 59.8 cm³/mol. The van der Waals surface area contributed by atoms with Crippen molar-refractivity contribution < 1.29 is 4.79 Å². The second-order valence-electron chi connectivity index (χ2n) is 4.02. The average Bonchev–Trinajstić information content (AvgIpc) is 2.81. The van der Waals surface area contributed by atoms with Crippen LogP contribution < -0.4 is 5.32 Å². The van der Waals surface area contributed by atoms with E-state index in [1.165, 1.54) is 5.56 Å². The van der Waals surface area contributed by atoms with Gasteiger partial charge in [-0.05, 0) is 24.8 Å². The van der Waals surface area contributed by atoms with Gasteiger partial charge in [-0.2, -0.15) is 0 Å². The Morgan fingerprint density at radius 1 is 1.33 bits per heavy atom. The second kappa shape index (κ2) is 5.08. The Kier molecular flexibility index (Phi) is 3.51. The number of nitrogens with zero attached hydrogens (tertiary/aromatic N) is 1. The molecule has 1 radical (unpaired) electrons. The van der Waals surface area contributed by atoms with Crippen LogP contribution in [0.2, 0.25) is 0 Å². The summed E-state index contributed by atoms with van der Waals surface area (Å²) in [5.74, 6) is 0.316. The van der Waals surface area contributed by atoms with Crippen molar-refractivity contribution in [1.29, 1.82) is 0 Å². The molecule has 2 heteroatoms. The van der Waals surface area contributed by atoms with Crippen molar-refractivity contribution in [3.63, 3.8) is 0 Å². The first kappa shape index (κ1) is 10.4. The minimum atomic E-state index is 0.00807. The molecule has 1 fully saturated rings. The van der Waals surface area contributed by atoms with Crippen molar-refractivity contribution in [2.45, 2.75) is 31.7 Å². The Morgan fingerprint density at radius 3 is 2.80 bits per heavy atom. The molecule has 1 atom stereocenters. The Labute approximate surface area is 90.7 Å². The number of Topliss-reactive ketones (excluding diaryl/α,β-unsaturated/α-hetero) is 1. The summed E-state index contributed by atoms with van der Waals surface area (Å²) in [7, 11) is 0. The van der Waals surface area contributed by atoms with Crippen LogP contribution >= 0.6 is 0 Å². The zero-order valence-electron chi connectivity index (χ0n) is 8.86. The standard InChI is InChI=1S/C13H16NO/c15-13(12-7-4-10-14-12)9-8-11-5-2-1-3-6-11/h1-3,5-6,12H,4,7-10H2. The lowest BCUT2D eigenvalue weighted by Gasteiger charge is -2.06. The summed E-state index contributed by atoms with van der Waals surface area (Å²) in [6, 6.07) is 10.2. The zero-order chi connectivity index (χ0) is 10.5. The van der Waals surface area contributed by atoms with E-state index in [0.29, 0.717) is 12.2 Å². The summed E-state index contributed by atoms with van der Waals surface area (Å²) >= 11 is 0. The van der Waals surface area contributed by atoms with Crippen molar-refractivity contribution in [1.82, 2.24) is 5.32 Å². The van der Waals surface area contributed by atoms with Crippen LogP contribution in [-0.4, -0.2) is 18.4 Å². The molecule has 1 aliphatic rings. The van der Waals surface area contributed by atoms with Crippen LogP contribution in [-0.2, 0) is 11.2 Å². The molecule has 0 saturated carbocycles. The number of rotatable bonds is 4. The molecule has 0 aliphatic carbocycles. The summed E-state index contributed by atoms with van der Waals surface area (Å²) in [4.78, 5) is 11.7. The first-order chi connectivity index (χ1) is 7.36. The second-order valence-corrected chi connectivity index (χ2v) is 4.02. The van der Waals surface area contributed by atoms with Gasteiger partial charge < -0.3 is 0 Å². The molecular formula is C13H16NO. The van der Waals surface area contributed by atoms with Crippen molar-refractivity contribution in [2.24, 2.45) is 0 Å². The molecule has 0 spiro atoms. The van der Waals surface area contributed by atoms with Gasteiger partial charge in [-0.1, -0.05) is 30.3 Å². The fourth-order valence-electron chi connectivity index (χ4n) is 1.96. The Hall–Kier alpha value is -1.15. The molecule has 79 valence electrons. The fraction of sp³-hybridized carbons (Fsp3) is 0.462.